The molecule has 0 aliphatic rings. The molecular weight excluding hydrogens is 340 g/mol. The third kappa shape index (κ3) is 5.41. The molecule has 134 valence electrons. The van der Waals surface area contributed by atoms with Crippen LogP contribution in [0.15, 0.2) is 53.6 Å². The fourth-order valence-electron chi connectivity index (χ4n) is 1.91. The van der Waals surface area contributed by atoms with Gasteiger partial charge < -0.3 is 10.1 Å². The standard InChI is InChI=1S/C17H16N4O5/c1-26-15-8-4-13(5-9-15)17(23)18-11-16(22)20-19-10-12-2-6-14(7-3-12)21(24)25/h2-10H,11H2,1H3,(H,18,23)(H,20,22)/b19-10+. The zero-order valence-electron chi connectivity index (χ0n) is 13.8. The largest absolute Gasteiger partial charge is 0.497 e. The lowest BCUT2D eigenvalue weighted by Crippen LogP contribution is -2.34. The molecule has 2 rings (SSSR count). The van der Waals surface area contributed by atoms with Crippen LogP contribution in [0, 0.1) is 10.1 Å². The average Bonchev–Trinajstić information content (AvgIpc) is 2.66. The lowest BCUT2D eigenvalue weighted by molar-refractivity contribution is -0.384. The minimum atomic E-state index is -0.509. The zero-order chi connectivity index (χ0) is 18.9. The second-order valence-corrected chi connectivity index (χ2v) is 5.05. The van der Waals surface area contributed by atoms with Gasteiger partial charge >= 0.3 is 0 Å². The lowest BCUT2D eigenvalue weighted by atomic mass is 10.2. The second kappa shape index (κ2) is 8.92. The fourth-order valence-corrected chi connectivity index (χ4v) is 1.91. The first-order valence-electron chi connectivity index (χ1n) is 7.48. The number of carbonyl (C=O) groups excluding carboxylic acids is 2. The van der Waals surface area contributed by atoms with Crippen LogP contribution in [0.2, 0.25) is 0 Å². The molecule has 0 bridgehead atoms. The number of nitro groups is 1. The van der Waals surface area contributed by atoms with E-state index in [1.54, 1.807) is 24.3 Å². The predicted molar refractivity (Wildman–Crippen MR) is 94.2 cm³/mol. The Kier molecular flexibility index (Phi) is 6.38. The Bertz CT molecular complexity index is 816. The Balaban J connectivity index is 1.78. The molecule has 2 N–H and O–H groups in total. The number of ether oxygens (including phenoxy) is 1. The number of non-ortho nitro benzene ring substituents is 1. The first-order valence-corrected chi connectivity index (χ1v) is 7.48. The van der Waals surface area contributed by atoms with Crippen molar-refractivity contribution in [2.75, 3.05) is 13.7 Å². The van der Waals surface area contributed by atoms with E-state index in [9.17, 15) is 19.7 Å². The molecule has 0 aromatic heterocycles. The number of hydrogen-bond acceptors (Lipinski definition) is 6. The Morgan fingerprint density at radius 1 is 1.15 bits per heavy atom. The van der Waals surface area contributed by atoms with E-state index >= 15 is 0 Å². The number of nitrogens with one attached hydrogen (secondary N) is 2. The van der Waals surface area contributed by atoms with E-state index in [4.69, 9.17) is 4.74 Å². The monoisotopic (exact) mass is 356 g/mol. The highest BCUT2D eigenvalue weighted by atomic mass is 16.6. The van der Waals surface area contributed by atoms with Crippen molar-refractivity contribution in [3.05, 3.63) is 69.8 Å². The number of methoxy groups -OCH3 is 1. The van der Waals surface area contributed by atoms with Crippen LogP contribution in [0.3, 0.4) is 0 Å². The van der Waals surface area contributed by atoms with E-state index in [1.165, 1.54) is 37.6 Å². The second-order valence-electron chi connectivity index (χ2n) is 5.05. The molecule has 0 aliphatic carbocycles. The van der Waals surface area contributed by atoms with E-state index in [-0.39, 0.29) is 12.2 Å². The SMILES string of the molecule is COc1ccc(C(=O)NCC(=O)N/N=C/c2ccc([N+](=O)[O-])cc2)cc1. The summed E-state index contributed by atoms with van der Waals surface area (Å²) in [7, 11) is 1.52. The number of rotatable bonds is 7. The van der Waals surface area contributed by atoms with Gasteiger partial charge in [-0.1, -0.05) is 0 Å². The van der Waals surface area contributed by atoms with Crippen LogP contribution in [-0.4, -0.2) is 36.6 Å². The molecule has 0 radical (unpaired) electrons. The van der Waals surface area contributed by atoms with Gasteiger partial charge in [-0.2, -0.15) is 5.10 Å². The van der Waals surface area contributed by atoms with Gasteiger partial charge in [0.15, 0.2) is 0 Å². The quantitative estimate of drug-likeness (QED) is 0.442. The number of carbonyl (C=O) groups is 2. The van der Waals surface area contributed by atoms with Crippen molar-refractivity contribution < 1.29 is 19.2 Å². The summed E-state index contributed by atoms with van der Waals surface area (Å²) < 4.78 is 5.00. The maximum absolute atomic E-state index is 11.9. The van der Waals surface area contributed by atoms with E-state index < -0.39 is 16.7 Å². The van der Waals surface area contributed by atoms with Crippen molar-refractivity contribution in [2.45, 2.75) is 0 Å². The van der Waals surface area contributed by atoms with Gasteiger partial charge in [0, 0.05) is 17.7 Å². The van der Waals surface area contributed by atoms with Crippen LogP contribution >= 0.6 is 0 Å². The van der Waals surface area contributed by atoms with Gasteiger partial charge in [0.2, 0.25) is 0 Å². The molecule has 0 aliphatic heterocycles. The molecule has 0 unspecified atom stereocenters. The number of hydrogen-bond donors (Lipinski definition) is 2. The number of nitrogens with zero attached hydrogens (tertiary/aromatic N) is 2. The molecule has 9 nitrogen and oxygen atoms in total. The van der Waals surface area contributed by atoms with Gasteiger partial charge in [0.05, 0.1) is 24.8 Å². The third-order valence-corrected chi connectivity index (χ3v) is 3.27. The van der Waals surface area contributed by atoms with Gasteiger partial charge in [-0.15, -0.1) is 0 Å². The third-order valence-electron chi connectivity index (χ3n) is 3.27. The molecule has 9 heteroatoms. The molecule has 2 aromatic carbocycles. The summed E-state index contributed by atoms with van der Waals surface area (Å²) in [6.07, 6.45) is 1.34. The first kappa shape index (κ1) is 18.6. The molecular formula is C17H16N4O5. The van der Waals surface area contributed by atoms with E-state index in [0.29, 0.717) is 16.9 Å². The van der Waals surface area contributed by atoms with Gasteiger partial charge in [-0.3, -0.25) is 19.7 Å². The molecule has 26 heavy (non-hydrogen) atoms. The number of hydrazone groups is 1. The van der Waals surface area contributed by atoms with Crippen LogP contribution < -0.4 is 15.5 Å². The molecule has 0 fully saturated rings. The summed E-state index contributed by atoms with van der Waals surface area (Å²) in [6, 6.07) is 12.1. The van der Waals surface area contributed by atoms with Crippen molar-refractivity contribution in [2.24, 2.45) is 5.10 Å². The van der Waals surface area contributed by atoms with Crippen LogP contribution in [-0.2, 0) is 4.79 Å². The molecule has 0 saturated heterocycles. The van der Waals surface area contributed by atoms with Crippen LogP contribution in [0.25, 0.3) is 0 Å². The lowest BCUT2D eigenvalue weighted by Gasteiger charge is -2.05. The highest BCUT2D eigenvalue weighted by molar-refractivity contribution is 5.96. The van der Waals surface area contributed by atoms with E-state index in [1.807, 2.05) is 0 Å². The van der Waals surface area contributed by atoms with Crippen LogP contribution in [0.4, 0.5) is 5.69 Å². The summed E-state index contributed by atoms with van der Waals surface area (Å²) in [5.41, 5.74) is 3.20. The van der Waals surface area contributed by atoms with Gasteiger partial charge in [0.1, 0.15) is 5.75 Å². The minimum Gasteiger partial charge on any atom is -0.497 e. The maximum atomic E-state index is 11.9. The molecule has 0 atom stereocenters. The van der Waals surface area contributed by atoms with E-state index in [2.05, 4.69) is 15.8 Å². The number of nitro benzene ring substituents is 1. The summed E-state index contributed by atoms with van der Waals surface area (Å²) in [6.45, 7) is -0.248. The molecule has 0 saturated carbocycles. The Morgan fingerprint density at radius 3 is 2.38 bits per heavy atom. The molecule has 0 heterocycles. The average molecular weight is 356 g/mol. The molecule has 2 aromatic rings. The van der Waals surface area contributed by atoms with Crippen molar-refractivity contribution >= 4 is 23.7 Å². The highest BCUT2D eigenvalue weighted by Gasteiger charge is 2.07. The van der Waals surface area contributed by atoms with Gasteiger partial charge in [-0.25, -0.2) is 5.43 Å². The maximum Gasteiger partial charge on any atom is 0.269 e. The summed E-state index contributed by atoms with van der Waals surface area (Å²) in [4.78, 5) is 33.6. The first-order chi connectivity index (χ1) is 12.5. The molecule has 0 spiro atoms. The Hall–Kier alpha value is -3.75. The van der Waals surface area contributed by atoms with Crippen LogP contribution in [0.1, 0.15) is 15.9 Å². The van der Waals surface area contributed by atoms with E-state index in [0.717, 1.165) is 0 Å². The van der Waals surface area contributed by atoms with Crippen LogP contribution in [0.5, 0.6) is 5.75 Å². The predicted octanol–water partition coefficient (Wildman–Crippen LogP) is 1.48. The smallest absolute Gasteiger partial charge is 0.269 e. The van der Waals surface area contributed by atoms with Crippen molar-refractivity contribution in [1.82, 2.24) is 10.7 Å². The topological polar surface area (TPSA) is 123 Å². The summed E-state index contributed by atoms with van der Waals surface area (Å²) >= 11 is 0. The highest BCUT2D eigenvalue weighted by Crippen LogP contribution is 2.11. The van der Waals surface area contributed by atoms with Crippen molar-refractivity contribution in [3.8, 4) is 5.75 Å². The normalized spacial score (nSPS) is 10.3. The number of benzene rings is 2. The minimum absolute atomic E-state index is 0.0348. The Morgan fingerprint density at radius 2 is 1.81 bits per heavy atom. The Labute approximate surface area is 148 Å². The van der Waals surface area contributed by atoms with Gasteiger partial charge in [0.25, 0.3) is 17.5 Å². The van der Waals surface area contributed by atoms with Crippen molar-refractivity contribution in [1.29, 1.82) is 0 Å². The number of amides is 2. The van der Waals surface area contributed by atoms with Gasteiger partial charge in [-0.05, 0) is 42.0 Å². The molecule has 2 amide bonds. The zero-order valence-corrected chi connectivity index (χ0v) is 13.8. The fraction of sp³-hybridized carbons (Fsp3) is 0.118. The summed E-state index contributed by atoms with van der Waals surface area (Å²) in [5, 5.41) is 16.7. The summed E-state index contributed by atoms with van der Waals surface area (Å²) in [5.74, 6) is -0.285. The van der Waals surface area contributed by atoms with Crippen molar-refractivity contribution in [3.63, 3.8) is 0 Å².